The van der Waals surface area contributed by atoms with E-state index in [2.05, 4.69) is 15.3 Å². The molecule has 120 valence electrons. The maximum atomic E-state index is 5.77. The highest BCUT2D eigenvalue weighted by atomic mass is 16.6. The molecule has 0 atom stereocenters. The fraction of sp³-hybridized carbons (Fsp3) is 0.263. The van der Waals surface area contributed by atoms with Crippen LogP contribution in [0.2, 0.25) is 0 Å². The van der Waals surface area contributed by atoms with Gasteiger partial charge in [-0.05, 0) is 37.1 Å². The number of aromatic nitrogens is 2. The van der Waals surface area contributed by atoms with Crippen LogP contribution in [-0.4, -0.2) is 29.2 Å². The van der Waals surface area contributed by atoms with E-state index in [1.165, 1.54) is 12.8 Å². The molecule has 1 fully saturated rings. The van der Waals surface area contributed by atoms with Crippen molar-refractivity contribution in [2.24, 2.45) is 0 Å². The monoisotopic (exact) mass is 319 g/mol. The van der Waals surface area contributed by atoms with Gasteiger partial charge in [-0.2, -0.15) is 0 Å². The summed E-state index contributed by atoms with van der Waals surface area (Å²) >= 11 is 0. The molecule has 3 aromatic rings. The summed E-state index contributed by atoms with van der Waals surface area (Å²) < 4.78 is 11.5. The number of benzene rings is 1. The van der Waals surface area contributed by atoms with Crippen LogP contribution in [-0.2, 0) is 0 Å². The molecular weight excluding hydrogens is 302 g/mol. The van der Waals surface area contributed by atoms with Crippen LogP contribution in [0.25, 0.3) is 22.0 Å². The van der Waals surface area contributed by atoms with Gasteiger partial charge in [0, 0.05) is 34.8 Å². The molecule has 0 amide bonds. The summed E-state index contributed by atoms with van der Waals surface area (Å²) in [5.74, 6) is 2.48. The third kappa shape index (κ3) is 2.33. The van der Waals surface area contributed by atoms with Gasteiger partial charge < -0.3 is 14.8 Å². The van der Waals surface area contributed by atoms with Crippen LogP contribution in [0.3, 0.4) is 0 Å². The van der Waals surface area contributed by atoms with Gasteiger partial charge >= 0.3 is 0 Å². The van der Waals surface area contributed by atoms with Crippen molar-refractivity contribution in [1.82, 2.24) is 9.97 Å². The Morgan fingerprint density at radius 2 is 1.75 bits per heavy atom. The molecule has 3 heterocycles. The molecule has 0 spiro atoms. The Kier molecular flexibility index (Phi) is 3.04. The Hall–Kier alpha value is -2.82. The highest BCUT2D eigenvalue weighted by Crippen LogP contribution is 2.41. The fourth-order valence-electron chi connectivity index (χ4n) is 3.04. The molecule has 2 aliphatic rings. The van der Waals surface area contributed by atoms with Gasteiger partial charge in [-0.3, -0.25) is 4.98 Å². The summed E-state index contributed by atoms with van der Waals surface area (Å²) in [4.78, 5) is 9.15. The third-order valence-corrected chi connectivity index (χ3v) is 4.41. The second-order valence-electron chi connectivity index (χ2n) is 6.20. The summed E-state index contributed by atoms with van der Waals surface area (Å²) in [7, 11) is 0. The van der Waals surface area contributed by atoms with Crippen molar-refractivity contribution in [3.05, 3.63) is 42.7 Å². The Labute approximate surface area is 139 Å². The van der Waals surface area contributed by atoms with Gasteiger partial charge in [-0.25, -0.2) is 4.98 Å². The van der Waals surface area contributed by atoms with Gasteiger partial charge in [-0.1, -0.05) is 6.07 Å². The standard InChI is InChI=1S/C19H17N3O2/c1-2-6-20-16(3-1)15-11-21-19(22-12-4-5-12)14-10-18-17(9-13(14)15)23-7-8-24-18/h1-3,6,9-12H,4-5,7-8H2,(H,21,22). The molecule has 2 aromatic heterocycles. The molecule has 1 aliphatic heterocycles. The number of hydrogen-bond acceptors (Lipinski definition) is 5. The predicted octanol–water partition coefficient (Wildman–Crippen LogP) is 3.64. The van der Waals surface area contributed by atoms with E-state index in [1.54, 1.807) is 6.20 Å². The maximum Gasteiger partial charge on any atom is 0.162 e. The first-order valence-corrected chi connectivity index (χ1v) is 8.29. The number of nitrogens with one attached hydrogen (secondary N) is 1. The molecule has 5 heteroatoms. The zero-order chi connectivity index (χ0) is 15.9. The average molecular weight is 319 g/mol. The first-order valence-electron chi connectivity index (χ1n) is 8.29. The summed E-state index contributed by atoms with van der Waals surface area (Å²) in [6.07, 6.45) is 6.10. The van der Waals surface area contributed by atoms with Gasteiger partial charge in [0.25, 0.3) is 0 Å². The smallest absolute Gasteiger partial charge is 0.162 e. The summed E-state index contributed by atoms with van der Waals surface area (Å²) in [6, 6.07) is 10.5. The van der Waals surface area contributed by atoms with E-state index in [1.807, 2.05) is 36.5 Å². The molecule has 0 bridgehead atoms. The van der Waals surface area contributed by atoms with Crippen LogP contribution in [0.4, 0.5) is 5.82 Å². The van der Waals surface area contributed by atoms with Gasteiger partial charge in [-0.15, -0.1) is 0 Å². The van der Waals surface area contributed by atoms with Gasteiger partial charge in [0.05, 0.1) is 5.69 Å². The lowest BCUT2D eigenvalue weighted by molar-refractivity contribution is 0.172. The fourth-order valence-corrected chi connectivity index (χ4v) is 3.04. The van der Waals surface area contributed by atoms with Crippen LogP contribution in [0.5, 0.6) is 11.5 Å². The summed E-state index contributed by atoms with van der Waals surface area (Å²) in [6.45, 7) is 1.16. The molecule has 0 unspecified atom stereocenters. The van der Waals surface area contributed by atoms with Crippen molar-refractivity contribution < 1.29 is 9.47 Å². The quantitative estimate of drug-likeness (QED) is 0.799. The molecule has 0 radical (unpaired) electrons. The maximum absolute atomic E-state index is 5.77. The predicted molar refractivity (Wildman–Crippen MR) is 92.6 cm³/mol. The van der Waals surface area contributed by atoms with Crippen molar-refractivity contribution in [3.63, 3.8) is 0 Å². The van der Waals surface area contributed by atoms with Crippen molar-refractivity contribution in [2.45, 2.75) is 18.9 Å². The first kappa shape index (κ1) is 13.6. The Balaban J connectivity index is 1.75. The molecule has 5 nitrogen and oxygen atoms in total. The zero-order valence-corrected chi connectivity index (χ0v) is 13.2. The van der Waals surface area contributed by atoms with E-state index in [-0.39, 0.29) is 0 Å². The van der Waals surface area contributed by atoms with Crippen LogP contribution >= 0.6 is 0 Å². The lowest BCUT2D eigenvalue weighted by atomic mass is 10.0. The lowest BCUT2D eigenvalue weighted by Crippen LogP contribution is -2.15. The lowest BCUT2D eigenvalue weighted by Gasteiger charge is -2.20. The number of pyridine rings is 2. The Bertz CT molecular complexity index is 907. The first-order chi connectivity index (χ1) is 11.9. The van der Waals surface area contributed by atoms with Gasteiger partial charge in [0.1, 0.15) is 19.0 Å². The van der Waals surface area contributed by atoms with Gasteiger partial charge in [0.15, 0.2) is 11.5 Å². The van der Waals surface area contributed by atoms with E-state index >= 15 is 0 Å². The van der Waals surface area contributed by atoms with Gasteiger partial charge in [0.2, 0.25) is 0 Å². The third-order valence-electron chi connectivity index (χ3n) is 4.41. The number of nitrogens with zero attached hydrogens (tertiary/aromatic N) is 2. The molecular formula is C19H17N3O2. The topological polar surface area (TPSA) is 56.3 Å². The number of fused-ring (bicyclic) bond motifs is 2. The van der Waals surface area contributed by atoms with Crippen molar-refractivity contribution in [3.8, 4) is 22.8 Å². The molecule has 1 saturated carbocycles. The van der Waals surface area contributed by atoms with Crippen molar-refractivity contribution >= 4 is 16.6 Å². The Morgan fingerprint density at radius 3 is 2.46 bits per heavy atom. The number of hydrogen-bond donors (Lipinski definition) is 1. The van der Waals surface area contributed by atoms with Crippen LogP contribution in [0, 0.1) is 0 Å². The summed E-state index contributed by atoms with van der Waals surface area (Å²) in [5, 5.41) is 5.65. The second-order valence-corrected chi connectivity index (χ2v) is 6.20. The highest BCUT2D eigenvalue weighted by molar-refractivity contribution is 6.03. The molecule has 1 aromatic carbocycles. The minimum atomic E-state index is 0.537. The van der Waals surface area contributed by atoms with E-state index in [9.17, 15) is 0 Å². The number of rotatable bonds is 3. The number of anilines is 1. The van der Waals surface area contributed by atoms with E-state index in [0.29, 0.717) is 19.3 Å². The average Bonchev–Trinajstić information content (AvgIpc) is 3.45. The molecule has 24 heavy (non-hydrogen) atoms. The molecule has 0 saturated heterocycles. The molecule has 5 rings (SSSR count). The summed E-state index contributed by atoms with van der Waals surface area (Å²) in [5.41, 5.74) is 1.91. The van der Waals surface area contributed by atoms with Crippen molar-refractivity contribution in [2.75, 3.05) is 18.5 Å². The van der Waals surface area contributed by atoms with E-state index in [0.717, 1.165) is 39.3 Å². The van der Waals surface area contributed by atoms with Crippen LogP contribution < -0.4 is 14.8 Å². The number of ether oxygens (including phenoxy) is 2. The highest BCUT2D eigenvalue weighted by Gasteiger charge is 2.24. The van der Waals surface area contributed by atoms with Crippen LogP contribution in [0.15, 0.2) is 42.7 Å². The van der Waals surface area contributed by atoms with Crippen molar-refractivity contribution in [1.29, 1.82) is 0 Å². The molecule has 1 aliphatic carbocycles. The Morgan fingerprint density at radius 1 is 0.958 bits per heavy atom. The minimum Gasteiger partial charge on any atom is -0.486 e. The SMILES string of the molecule is c1ccc(-c2cnc(NC3CC3)c3cc4c(cc23)OCCO4)nc1. The normalized spacial score (nSPS) is 16.2. The molecule has 1 N–H and O–H groups in total. The largest absolute Gasteiger partial charge is 0.486 e. The van der Waals surface area contributed by atoms with Crippen LogP contribution in [0.1, 0.15) is 12.8 Å². The second kappa shape index (κ2) is 5.37. The van der Waals surface area contributed by atoms with E-state index < -0.39 is 0 Å². The zero-order valence-electron chi connectivity index (χ0n) is 13.2. The van der Waals surface area contributed by atoms with E-state index in [4.69, 9.17) is 9.47 Å². The minimum absolute atomic E-state index is 0.537.